The van der Waals surface area contributed by atoms with Crippen LogP contribution in [0.1, 0.15) is 17.5 Å². The van der Waals surface area contributed by atoms with E-state index in [2.05, 4.69) is 5.32 Å². The molecule has 0 heterocycles. The Morgan fingerprint density at radius 1 is 1.04 bits per heavy atom. The highest BCUT2D eigenvalue weighted by Gasteiger charge is 2.29. The van der Waals surface area contributed by atoms with Gasteiger partial charge in [0.1, 0.15) is 6.04 Å². The molecule has 2 rings (SSSR count). The molecule has 5 N–H and O–H groups in total. The summed E-state index contributed by atoms with van der Waals surface area (Å²) in [5.41, 5.74) is 7.80. The zero-order valence-corrected chi connectivity index (χ0v) is 15.4. The molecule has 26 heavy (non-hydrogen) atoms. The van der Waals surface area contributed by atoms with Gasteiger partial charge in [0, 0.05) is 0 Å². The van der Waals surface area contributed by atoms with E-state index in [1.165, 1.54) is 0 Å². The fraction of sp³-hybridized carbons (Fsp3) is 0.316. The number of benzene rings is 2. The number of nitrogens with one attached hydrogen (secondary N) is 1. The van der Waals surface area contributed by atoms with Gasteiger partial charge in [0.15, 0.2) is 0 Å². The van der Waals surface area contributed by atoms with Crippen LogP contribution in [-0.2, 0) is 22.2 Å². The van der Waals surface area contributed by atoms with Crippen molar-refractivity contribution in [1.82, 2.24) is 5.32 Å². The molecule has 0 spiro atoms. The molecule has 0 fully saturated rings. The topological polar surface area (TPSA) is 113 Å². The predicted molar refractivity (Wildman–Crippen MR) is 102 cm³/mol. The van der Waals surface area contributed by atoms with Crippen molar-refractivity contribution in [3.8, 4) is 0 Å². The van der Waals surface area contributed by atoms with Crippen LogP contribution in [0.4, 0.5) is 0 Å². The molecule has 7 heteroatoms. The molecule has 0 radical (unpaired) electrons. The number of carbonyl (C=O) groups is 1. The predicted octanol–water partition coefficient (Wildman–Crippen LogP) is 2.42. The molecule has 2 unspecified atom stereocenters. The average molecular weight is 376 g/mol. The van der Waals surface area contributed by atoms with Crippen LogP contribution >= 0.6 is 7.37 Å². The molecule has 2 aromatic rings. The van der Waals surface area contributed by atoms with E-state index in [9.17, 15) is 19.4 Å². The molecule has 0 aliphatic rings. The van der Waals surface area contributed by atoms with Crippen molar-refractivity contribution in [2.24, 2.45) is 5.73 Å². The van der Waals surface area contributed by atoms with Gasteiger partial charge in [-0.15, -0.1) is 0 Å². The van der Waals surface area contributed by atoms with Crippen LogP contribution in [0.5, 0.6) is 0 Å². The van der Waals surface area contributed by atoms with Gasteiger partial charge in [-0.25, -0.2) is 0 Å². The summed E-state index contributed by atoms with van der Waals surface area (Å²) in [5.74, 6) is -1.96. The van der Waals surface area contributed by atoms with Crippen LogP contribution in [0, 0.1) is 0 Å². The van der Waals surface area contributed by atoms with Crippen molar-refractivity contribution in [3.05, 3.63) is 71.8 Å². The van der Waals surface area contributed by atoms with E-state index in [4.69, 9.17) is 5.73 Å². The highest BCUT2D eigenvalue weighted by molar-refractivity contribution is 7.58. The normalized spacial score (nSPS) is 15.8. The van der Waals surface area contributed by atoms with Crippen molar-refractivity contribution in [2.75, 3.05) is 6.29 Å². The molecule has 0 saturated heterocycles. The quantitative estimate of drug-likeness (QED) is 0.474. The average Bonchev–Trinajstić information content (AvgIpc) is 2.64. The monoisotopic (exact) mass is 376 g/mol. The number of hydrogen-bond donors (Lipinski definition) is 4. The lowest BCUT2D eigenvalue weighted by Gasteiger charge is -2.22. The first-order chi connectivity index (χ1) is 12.4. The maximum atomic E-state index is 12.5. The summed E-state index contributed by atoms with van der Waals surface area (Å²) < 4.78 is 12.5. The van der Waals surface area contributed by atoms with E-state index in [1.807, 2.05) is 60.7 Å². The second kappa shape index (κ2) is 9.64. The molecule has 0 aliphatic heterocycles. The minimum Gasteiger partial charge on any atom is -0.480 e. The van der Waals surface area contributed by atoms with E-state index in [-0.39, 0.29) is 12.7 Å². The van der Waals surface area contributed by atoms with Gasteiger partial charge in [0.2, 0.25) is 7.37 Å². The maximum absolute atomic E-state index is 12.5. The van der Waals surface area contributed by atoms with Crippen LogP contribution in [0.3, 0.4) is 0 Å². The molecule has 2 aromatic carbocycles. The largest absolute Gasteiger partial charge is 0.480 e. The Morgan fingerprint density at radius 3 is 2.12 bits per heavy atom. The number of aliphatic carboxylic acids is 1. The van der Waals surface area contributed by atoms with Crippen LogP contribution in [0.15, 0.2) is 60.7 Å². The lowest BCUT2D eigenvalue weighted by atomic mass is 10.1. The third kappa shape index (κ3) is 6.39. The van der Waals surface area contributed by atoms with Crippen LogP contribution in [0.25, 0.3) is 0 Å². The molecule has 6 nitrogen and oxygen atoms in total. The Kier molecular flexibility index (Phi) is 7.54. The van der Waals surface area contributed by atoms with Gasteiger partial charge in [-0.3, -0.25) is 14.7 Å². The van der Waals surface area contributed by atoms with Gasteiger partial charge in [0.25, 0.3) is 0 Å². The summed E-state index contributed by atoms with van der Waals surface area (Å²) in [7, 11) is -3.72. The number of aryl methyl sites for hydroxylation is 1. The number of hydrogen-bond acceptors (Lipinski definition) is 4. The molecule has 0 saturated carbocycles. The second-order valence-electron chi connectivity index (χ2n) is 6.29. The molecule has 140 valence electrons. The SMILES string of the molecule is NC(CCc1ccccc1)P(=O)(O)CN[C@H](Cc1ccccc1)C(=O)O. The summed E-state index contributed by atoms with van der Waals surface area (Å²) in [6.45, 7) is 0. The maximum Gasteiger partial charge on any atom is 0.321 e. The van der Waals surface area contributed by atoms with Crippen molar-refractivity contribution in [3.63, 3.8) is 0 Å². The highest BCUT2D eigenvalue weighted by Crippen LogP contribution is 2.44. The first-order valence-corrected chi connectivity index (χ1v) is 10.4. The van der Waals surface area contributed by atoms with E-state index in [1.54, 1.807) is 0 Å². The first-order valence-electron chi connectivity index (χ1n) is 8.49. The molecule has 0 aliphatic carbocycles. The third-order valence-electron chi connectivity index (χ3n) is 4.23. The smallest absolute Gasteiger partial charge is 0.321 e. The Balaban J connectivity index is 1.89. The van der Waals surface area contributed by atoms with E-state index >= 15 is 0 Å². The van der Waals surface area contributed by atoms with Gasteiger partial charge in [-0.05, 0) is 30.4 Å². The van der Waals surface area contributed by atoms with Crippen molar-refractivity contribution < 1.29 is 19.4 Å². The molecular formula is C19H25N2O4P. The standard InChI is InChI=1S/C19H25N2O4P/c20-18(12-11-15-7-3-1-4-8-15)26(24,25)14-21-17(19(22)23)13-16-9-5-2-6-10-16/h1-10,17-18,21H,11-14,20H2,(H,22,23)(H,24,25)/t17-,18?/m1/s1. The number of rotatable bonds is 10. The lowest BCUT2D eigenvalue weighted by molar-refractivity contribution is -0.139. The fourth-order valence-electron chi connectivity index (χ4n) is 2.62. The second-order valence-corrected chi connectivity index (χ2v) is 8.78. The molecular weight excluding hydrogens is 351 g/mol. The van der Waals surface area contributed by atoms with Crippen molar-refractivity contribution in [1.29, 1.82) is 0 Å². The van der Waals surface area contributed by atoms with Gasteiger partial charge in [0.05, 0.1) is 12.1 Å². The first kappa shape index (κ1) is 20.3. The Hall–Kier alpha value is -1.98. The number of carboxylic acids is 1. The zero-order valence-electron chi connectivity index (χ0n) is 14.5. The Labute approximate surface area is 153 Å². The van der Waals surface area contributed by atoms with Crippen LogP contribution in [0.2, 0.25) is 0 Å². The third-order valence-corrected chi connectivity index (χ3v) is 6.17. The summed E-state index contributed by atoms with van der Waals surface area (Å²) in [6, 6.07) is 17.8. The van der Waals surface area contributed by atoms with Gasteiger partial charge in [-0.2, -0.15) is 0 Å². The van der Waals surface area contributed by atoms with Crippen LogP contribution < -0.4 is 11.1 Å². The summed E-state index contributed by atoms with van der Waals surface area (Å²) in [5, 5.41) is 12.1. The minimum absolute atomic E-state index is 0.232. The van der Waals surface area contributed by atoms with Gasteiger partial charge in [-0.1, -0.05) is 60.7 Å². The summed E-state index contributed by atoms with van der Waals surface area (Å²) in [6.07, 6.45) is 0.858. The zero-order chi connectivity index (χ0) is 19.0. The minimum atomic E-state index is -3.72. The van der Waals surface area contributed by atoms with Crippen molar-refractivity contribution in [2.45, 2.75) is 31.1 Å². The Morgan fingerprint density at radius 2 is 1.58 bits per heavy atom. The number of nitrogens with two attached hydrogens (primary N) is 1. The molecule has 3 atom stereocenters. The summed E-state index contributed by atoms with van der Waals surface area (Å²) >= 11 is 0. The Bertz CT molecular complexity index is 740. The molecule has 0 bridgehead atoms. The van der Waals surface area contributed by atoms with Gasteiger partial charge >= 0.3 is 5.97 Å². The summed E-state index contributed by atoms with van der Waals surface area (Å²) in [4.78, 5) is 21.7. The van der Waals surface area contributed by atoms with Crippen LogP contribution in [-0.4, -0.2) is 34.1 Å². The fourth-order valence-corrected chi connectivity index (χ4v) is 3.86. The lowest BCUT2D eigenvalue weighted by Crippen LogP contribution is -2.40. The van der Waals surface area contributed by atoms with E-state index < -0.39 is 25.2 Å². The van der Waals surface area contributed by atoms with E-state index in [0.717, 1.165) is 11.1 Å². The number of carboxylic acid groups (broad SMARTS) is 1. The highest BCUT2D eigenvalue weighted by atomic mass is 31.2. The van der Waals surface area contributed by atoms with Crippen molar-refractivity contribution >= 4 is 13.3 Å². The molecule has 0 aromatic heterocycles. The van der Waals surface area contributed by atoms with E-state index in [0.29, 0.717) is 12.8 Å². The van der Waals surface area contributed by atoms with Gasteiger partial charge < -0.3 is 15.7 Å². The molecule has 0 amide bonds.